The molecule has 3 aromatic rings. The molecule has 0 aromatic heterocycles. The van der Waals surface area contributed by atoms with Crippen molar-refractivity contribution in [3.8, 4) is 11.5 Å². The van der Waals surface area contributed by atoms with Gasteiger partial charge in [-0.25, -0.2) is 8.42 Å². The minimum atomic E-state index is -4.27. The molecule has 0 saturated heterocycles. The Balaban J connectivity index is 2.09. The van der Waals surface area contributed by atoms with Crippen molar-refractivity contribution in [1.82, 2.24) is 10.2 Å². The molecule has 2 amide bonds. The molecule has 3 aromatic carbocycles. The van der Waals surface area contributed by atoms with E-state index in [1.54, 1.807) is 50.4 Å². The maximum atomic E-state index is 14.3. The molecular weight excluding hydrogens is 590 g/mol. The molecule has 0 aliphatic heterocycles. The van der Waals surface area contributed by atoms with Crippen LogP contribution in [0.4, 0.5) is 5.69 Å². The van der Waals surface area contributed by atoms with E-state index >= 15 is 0 Å². The van der Waals surface area contributed by atoms with Gasteiger partial charge in [0, 0.05) is 18.1 Å². The third-order valence-electron chi connectivity index (χ3n) is 6.70. The average molecular weight is 630 g/mol. The Morgan fingerprint density at radius 2 is 1.60 bits per heavy atom. The first-order valence-electron chi connectivity index (χ1n) is 14.2. The van der Waals surface area contributed by atoms with E-state index in [4.69, 9.17) is 21.1 Å². The number of nitrogens with zero attached hydrogens (tertiary/aromatic N) is 2. The highest BCUT2D eigenvalue weighted by Crippen LogP contribution is 2.33. The van der Waals surface area contributed by atoms with Gasteiger partial charge in [0.1, 0.15) is 24.1 Å². The predicted octanol–water partition coefficient (Wildman–Crippen LogP) is 5.52. The highest BCUT2D eigenvalue weighted by Gasteiger charge is 2.34. The average Bonchev–Trinajstić information content (AvgIpc) is 2.99. The van der Waals surface area contributed by atoms with Crippen molar-refractivity contribution in [3.63, 3.8) is 0 Å². The summed E-state index contributed by atoms with van der Waals surface area (Å²) in [5.41, 5.74) is 0.959. The van der Waals surface area contributed by atoms with E-state index in [0.717, 1.165) is 9.87 Å². The molecule has 9 nitrogen and oxygen atoms in total. The zero-order valence-corrected chi connectivity index (χ0v) is 26.8. The van der Waals surface area contributed by atoms with Gasteiger partial charge in [0.25, 0.3) is 10.0 Å². The lowest BCUT2D eigenvalue weighted by molar-refractivity contribution is -0.140. The van der Waals surface area contributed by atoms with Gasteiger partial charge in [0.05, 0.1) is 24.3 Å². The van der Waals surface area contributed by atoms with Crippen molar-refractivity contribution >= 4 is 39.1 Å². The highest BCUT2D eigenvalue weighted by molar-refractivity contribution is 7.92. The maximum Gasteiger partial charge on any atom is 0.264 e. The van der Waals surface area contributed by atoms with Crippen LogP contribution in [0.15, 0.2) is 77.7 Å². The second kappa shape index (κ2) is 15.6. The van der Waals surface area contributed by atoms with Gasteiger partial charge in [-0.15, -0.1) is 0 Å². The highest BCUT2D eigenvalue weighted by atomic mass is 35.5. The standard InChI is InChI=1S/C32H40ClN3O6S/c1-6-28(32(38)34-20-23(3)4)35(21-24-12-16-26(41-5)17-13-24)31(37)22-36(29-10-8-9-11-30(29)42-7-2)43(39,40)27-18-14-25(33)15-19-27/h8-19,23,28H,6-7,20-22H2,1-5H3,(H,34,38)/t28-/m1/s1. The monoisotopic (exact) mass is 629 g/mol. The van der Waals surface area contributed by atoms with Crippen molar-refractivity contribution < 1.29 is 27.5 Å². The lowest BCUT2D eigenvalue weighted by Gasteiger charge is -2.33. The van der Waals surface area contributed by atoms with Crippen LogP contribution in [-0.2, 0) is 26.2 Å². The number of carbonyl (C=O) groups is 2. The number of para-hydroxylation sites is 2. The molecule has 1 N–H and O–H groups in total. The number of halogens is 1. The van der Waals surface area contributed by atoms with Crippen LogP contribution < -0.4 is 19.1 Å². The summed E-state index contributed by atoms with van der Waals surface area (Å²) in [6.45, 7) is 7.82. The van der Waals surface area contributed by atoms with Gasteiger partial charge in [-0.1, -0.05) is 56.6 Å². The quantitative estimate of drug-likeness (QED) is 0.237. The molecule has 0 saturated carbocycles. The van der Waals surface area contributed by atoms with Crippen LogP contribution in [0.1, 0.15) is 39.7 Å². The topological polar surface area (TPSA) is 105 Å². The molecule has 0 bridgehead atoms. The SMILES string of the molecule is CCOc1ccccc1N(CC(=O)N(Cc1ccc(OC)cc1)[C@H](CC)C(=O)NCC(C)C)S(=O)(=O)c1ccc(Cl)cc1. The number of ether oxygens (including phenoxy) is 2. The summed E-state index contributed by atoms with van der Waals surface area (Å²) < 4.78 is 40.3. The second-order valence-electron chi connectivity index (χ2n) is 10.3. The number of nitrogens with one attached hydrogen (secondary N) is 1. The number of hydrogen-bond acceptors (Lipinski definition) is 6. The van der Waals surface area contributed by atoms with Crippen LogP contribution in [-0.4, -0.2) is 58.0 Å². The lowest BCUT2D eigenvalue weighted by Crippen LogP contribution is -2.52. The van der Waals surface area contributed by atoms with Crippen molar-refractivity contribution in [2.24, 2.45) is 5.92 Å². The number of carbonyl (C=O) groups excluding carboxylic acids is 2. The molecular formula is C32H40ClN3O6S. The summed E-state index contributed by atoms with van der Waals surface area (Å²) >= 11 is 6.04. The molecule has 0 heterocycles. The van der Waals surface area contributed by atoms with Crippen LogP contribution in [0.5, 0.6) is 11.5 Å². The van der Waals surface area contributed by atoms with Gasteiger partial charge < -0.3 is 19.7 Å². The largest absolute Gasteiger partial charge is 0.497 e. The van der Waals surface area contributed by atoms with E-state index in [1.165, 1.54) is 29.2 Å². The number of rotatable bonds is 15. The zero-order chi connectivity index (χ0) is 31.6. The molecule has 0 radical (unpaired) electrons. The number of methoxy groups -OCH3 is 1. The summed E-state index contributed by atoms with van der Waals surface area (Å²) in [6, 6.07) is 18.7. The van der Waals surface area contributed by atoms with E-state index in [-0.39, 0.29) is 35.6 Å². The van der Waals surface area contributed by atoms with Crippen LogP contribution in [0.25, 0.3) is 0 Å². The molecule has 232 valence electrons. The minimum Gasteiger partial charge on any atom is -0.497 e. The Morgan fingerprint density at radius 3 is 2.19 bits per heavy atom. The van der Waals surface area contributed by atoms with Gasteiger partial charge in [-0.2, -0.15) is 0 Å². The smallest absolute Gasteiger partial charge is 0.264 e. The number of anilines is 1. The lowest BCUT2D eigenvalue weighted by atomic mass is 10.1. The van der Waals surface area contributed by atoms with Crippen molar-refractivity contribution in [2.45, 2.75) is 51.6 Å². The molecule has 1 atom stereocenters. The van der Waals surface area contributed by atoms with Gasteiger partial charge in [0.15, 0.2) is 0 Å². The Hall–Kier alpha value is -3.76. The first-order valence-corrected chi connectivity index (χ1v) is 16.0. The van der Waals surface area contributed by atoms with E-state index in [2.05, 4.69) is 5.32 Å². The second-order valence-corrected chi connectivity index (χ2v) is 12.6. The molecule has 3 rings (SSSR count). The number of amides is 2. The zero-order valence-electron chi connectivity index (χ0n) is 25.2. The molecule has 0 spiro atoms. The number of hydrogen-bond donors (Lipinski definition) is 1. The van der Waals surface area contributed by atoms with Gasteiger partial charge >= 0.3 is 0 Å². The maximum absolute atomic E-state index is 14.3. The van der Waals surface area contributed by atoms with Crippen LogP contribution >= 0.6 is 11.6 Å². The minimum absolute atomic E-state index is 0.0422. The van der Waals surface area contributed by atoms with Crippen LogP contribution in [0.3, 0.4) is 0 Å². The molecule has 0 fully saturated rings. The number of benzene rings is 3. The molecule has 0 unspecified atom stereocenters. The summed E-state index contributed by atoms with van der Waals surface area (Å²) in [5, 5.41) is 3.30. The van der Waals surface area contributed by atoms with Gasteiger partial charge in [-0.3, -0.25) is 13.9 Å². The van der Waals surface area contributed by atoms with Crippen molar-refractivity contribution in [1.29, 1.82) is 0 Å². The molecule has 0 aliphatic rings. The van der Waals surface area contributed by atoms with Gasteiger partial charge in [0.2, 0.25) is 11.8 Å². The fraction of sp³-hybridized carbons (Fsp3) is 0.375. The van der Waals surface area contributed by atoms with Crippen LogP contribution in [0, 0.1) is 5.92 Å². The Morgan fingerprint density at radius 1 is 0.953 bits per heavy atom. The Labute approximate surface area is 259 Å². The van der Waals surface area contributed by atoms with E-state index in [1.807, 2.05) is 32.9 Å². The third kappa shape index (κ3) is 8.87. The van der Waals surface area contributed by atoms with Crippen molar-refractivity contribution in [2.75, 3.05) is 31.1 Å². The Kier molecular flexibility index (Phi) is 12.3. The fourth-order valence-corrected chi connectivity index (χ4v) is 6.01. The van der Waals surface area contributed by atoms with E-state index in [9.17, 15) is 18.0 Å². The summed E-state index contributed by atoms with van der Waals surface area (Å²) in [7, 11) is -2.70. The summed E-state index contributed by atoms with van der Waals surface area (Å²) in [6.07, 6.45) is 0.325. The molecule has 0 aliphatic carbocycles. The first-order chi connectivity index (χ1) is 20.5. The fourth-order valence-electron chi connectivity index (χ4n) is 4.46. The molecule has 43 heavy (non-hydrogen) atoms. The van der Waals surface area contributed by atoms with E-state index < -0.39 is 28.5 Å². The normalized spacial score (nSPS) is 12.0. The first kappa shape index (κ1) is 33.7. The van der Waals surface area contributed by atoms with Crippen molar-refractivity contribution in [3.05, 3.63) is 83.4 Å². The van der Waals surface area contributed by atoms with Crippen LogP contribution in [0.2, 0.25) is 5.02 Å². The Bertz CT molecular complexity index is 1460. The molecule has 11 heteroatoms. The summed E-state index contributed by atoms with van der Waals surface area (Å²) in [5.74, 6) is 0.309. The summed E-state index contributed by atoms with van der Waals surface area (Å²) in [4.78, 5) is 29.0. The third-order valence-corrected chi connectivity index (χ3v) is 8.72. The van der Waals surface area contributed by atoms with E-state index in [0.29, 0.717) is 29.5 Å². The number of sulfonamides is 1. The predicted molar refractivity (Wildman–Crippen MR) is 169 cm³/mol. The van der Waals surface area contributed by atoms with Gasteiger partial charge in [-0.05, 0) is 73.4 Å².